The number of carbonyl (C=O) groups excluding carboxylic acids is 1. The largest absolute Gasteiger partial charge is 0.508 e. The van der Waals surface area contributed by atoms with E-state index in [2.05, 4.69) is 15.5 Å². The number of methoxy groups -OCH3 is 1. The standard InChI is InChI=1S/C19H16ClN3O3S/c1-11-17(18(25)23-21-10-12-3-6-14(24)7-4-12)27-19(22-11)15-8-5-13(20)9-16(15)26-2/h3-10,24H,1-2H3,(H,23,25)/b21-10+. The molecular weight excluding hydrogens is 386 g/mol. The van der Waals surface area contributed by atoms with Gasteiger partial charge in [-0.15, -0.1) is 11.3 Å². The summed E-state index contributed by atoms with van der Waals surface area (Å²) in [7, 11) is 1.56. The zero-order valence-corrected chi connectivity index (χ0v) is 16.1. The van der Waals surface area contributed by atoms with Crippen molar-refractivity contribution in [3.8, 4) is 22.1 Å². The predicted molar refractivity (Wildman–Crippen MR) is 107 cm³/mol. The molecule has 0 aliphatic carbocycles. The fraction of sp³-hybridized carbons (Fsp3) is 0.105. The summed E-state index contributed by atoms with van der Waals surface area (Å²) in [6.45, 7) is 1.76. The third-order valence-corrected chi connectivity index (χ3v) is 5.09. The van der Waals surface area contributed by atoms with Crippen LogP contribution in [0.3, 0.4) is 0 Å². The summed E-state index contributed by atoms with van der Waals surface area (Å²) >= 11 is 7.25. The van der Waals surface area contributed by atoms with Crippen LogP contribution in [-0.4, -0.2) is 29.3 Å². The number of phenols is 1. The number of phenolic OH excluding ortho intramolecular Hbond substituents is 1. The molecule has 0 aliphatic heterocycles. The number of hydrazone groups is 1. The molecule has 138 valence electrons. The lowest BCUT2D eigenvalue weighted by Gasteiger charge is -2.05. The highest BCUT2D eigenvalue weighted by Gasteiger charge is 2.18. The van der Waals surface area contributed by atoms with Gasteiger partial charge in [0.05, 0.1) is 24.6 Å². The number of aryl methyl sites for hydroxylation is 1. The van der Waals surface area contributed by atoms with Gasteiger partial charge in [-0.3, -0.25) is 4.79 Å². The maximum Gasteiger partial charge on any atom is 0.283 e. The van der Waals surface area contributed by atoms with Crippen molar-refractivity contribution in [1.82, 2.24) is 10.4 Å². The van der Waals surface area contributed by atoms with Crippen molar-refractivity contribution >= 4 is 35.1 Å². The van der Waals surface area contributed by atoms with Crippen molar-refractivity contribution in [2.75, 3.05) is 7.11 Å². The Kier molecular flexibility index (Phi) is 5.73. The molecule has 0 saturated heterocycles. The molecule has 0 spiro atoms. The molecule has 0 radical (unpaired) electrons. The number of aromatic hydroxyl groups is 1. The number of nitrogens with zero attached hydrogens (tertiary/aromatic N) is 2. The third-order valence-electron chi connectivity index (χ3n) is 3.67. The van der Waals surface area contributed by atoms with Gasteiger partial charge < -0.3 is 9.84 Å². The van der Waals surface area contributed by atoms with E-state index in [4.69, 9.17) is 16.3 Å². The summed E-state index contributed by atoms with van der Waals surface area (Å²) in [5, 5.41) is 14.4. The van der Waals surface area contributed by atoms with Crippen LogP contribution in [-0.2, 0) is 0 Å². The first-order valence-corrected chi connectivity index (χ1v) is 9.11. The molecule has 0 aliphatic rings. The quantitative estimate of drug-likeness (QED) is 0.494. The second-order valence-electron chi connectivity index (χ2n) is 5.57. The van der Waals surface area contributed by atoms with Gasteiger partial charge in [0.2, 0.25) is 0 Å². The van der Waals surface area contributed by atoms with Crippen LogP contribution in [0.4, 0.5) is 0 Å². The topological polar surface area (TPSA) is 83.8 Å². The van der Waals surface area contributed by atoms with E-state index in [-0.39, 0.29) is 11.7 Å². The number of amides is 1. The Labute approximate surface area is 165 Å². The maximum absolute atomic E-state index is 12.4. The Morgan fingerprint density at radius 2 is 2.04 bits per heavy atom. The minimum absolute atomic E-state index is 0.168. The maximum atomic E-state index is 12.4. The van der Waals surface area contributed by atoms with E-state index in [9.17, 15) is 9.90 Å². The van der Waals surface area contributed by atoms with Crippen molar-refractivity contribution < 1.29 is 14.6 Å². The van der Waals surface area contributed by atoms with Crippen LogP contribution in [0.1, 0.15) is 20.9 Å². The lowest BCUT2D eigenvalue weighted by Crippen LogP contribution is -2.17. The first-order valence-electron chi connectivity index (χ1n) is 7.91. The molecule has 0 bridgehead atoms. The molecule has 1 amide bonds. The average molecular weight is 402 g/mol. The van der Waals surface area contributed by atoms with E-state index < -0.39 is 0 Å². The number of carbonyl (C=O) groups is 1. The SMILES string of the molecule is COc1cc(Cl)ccc1-c1nc(C)c(C(=O)N/N=C/c2ccc(O)cc2)s1. The zero-order valence-electron chi connectivity index (χ0n) is 14.6. The summed E-state index contributed by atoms with van der Waals surface area (Å²) in [5.74, 6) is 0.411. The van der Waals surface area contributed by atoms with Gasteiger partial charge >= 0.3 is 0 Å². The van der Waals surface area contributed by atoms with Crippen molar-refractivity contribution in [2.24, 2.45) is 5.10 Å². The fourth-order valence-electron chi connectivity index (χ4n) is 2.34. The summed E-state index contributed by atoms with van der Waals surface area (Å²) in [5.41, 5.74) is 4.61. The number of hydrogen-bond acceptors (Lipinski definition) is 6. The summed E-state index contributed by atoms with van der Waals surface area (Å²) in [6, 6.07) is 11.7. The minimum atomic E-state index is -0.348. The average Bonchev–Trinajstić information content (AvgIpc) is 3.04. The predicted octanol–water partition coefficient (Wildman–Crippen LogP) is 4.25. The Morgan fingerprint density at radius 1 is 1.30 bits per heavy atom. The van der Waals surface area contributed by atoms with Crippen LogP contribution in [0.25, 0.3) is 10.6 Å². The second-order valence-corrected chi connectivity index (χ2v) is 7.00. The second kappa shape index (κ2) is 8.20. The zero-order chi connectivity index (χ0) is 19.4. The monoisotopic (exact) mass is 401 g/mol. The highest BCUT2D eigenvalue weighted by Crippen LogP contribution is 2.36. The molecule has 0 fully saturated rings. The van der Waals surface area contributed by atoms with Crippen molar-refractivity contribution in [2.45, 2.75) is 6.92 Å². The summed E-state index contributed by atoms with van der Waals surface area (Å²) in [4.78, 5) is 17.4. The number of benzene rings is 2. The highest BCUT2D eigenvalue weighted by atomic mass is 35.5. The first kappa shape index (κ1) is 18.9. The van der Waals surface area contributed by atoms with Gasteiger partial charge in [0, 0.05) is 5.02 Å². The Bertz CT molecular complexity index is 1000. The number of halogens is 1. The third kappa shape index (κ3) is 4.45. The van der Waals surface area contributed by atoms with E-state index in [1.807, 2.05) is 6.07 Å². The molecule has 1 aromatic heterocycles. The molecular formula is C19H16ClN3O3S. The van der Waals surface area contributed by atoms with Crippen LogP contribution in [0, 0.1) is 6.92 Å². The lowest BCUT2D eigenvalue weighted by atomic mass is 10.2. The number of nitrogens with one attached hydrogen (secondary N) is 1. The smallest absolute Gasteiger partial charge is 0.283 e. The molecule has 0 saturated carbocycles. The van der Waals surface area contributed by atoms with E-state index >= 15 is 0 Å². The normalized spacial score (nSPS) is 10.9. The highest BCUT2D eigenvalue weighted by molar-refractivity contribution is 7.17. The number of aromatic nitrogens is 1. The van der Waals surface area contributed by atoms with Gasteiger partial charge in [-0.1, -0.05) is 11.6 Å². The molecule has 0 unspecified atom stereocenters. The lowest BCUT2D eigenvalue weighted by molar-refractivity contribution is 0.0958. The Morgan fingerprint density at radius 3 is 2.74 bits per heavy atom. The van der Waals surface area contributed by atoms with Crippen molar-refractivity contribution in [1.29, 1.82) is 0 Å². The Balaban J connectivity index is 1.78. The van der Waals surface area contributed by atoms with Gasteiger partial charge in [0.25, 0.3) is 5.91 Å². The number of thiazole rings is 1. The molecule has 3 aromatic rings. The fourth-order valence-corrected chi connectivity index (χ4v) is 3.49. The number of rotatable bonds is 5. The summed E-state index contributed by atoms with van der Waals surface area (Å²) < 4.78 is 5.35. The summed E-state index contributed by atoms with van der Waals surface area (Å²) in [6.07, 6.45) is 1.50. The van der Waals surface area contributed by atoms with E-state index in [1.54, 1.807) is 50.4 Å². The molecule has 1 heterocycles. The van der Waals surface area contributed by atoms with Crippen LogP contribution in [0.15, 0.2) is 47.6 Å². The molecule has 6 nitrogen and oxygen atoms in total. The van der Waals surface area contributed by atoms with Gasteiger partial charge in [-0.2, -0.15) is 5.10 Å². The van der Waals surface area contributed by atoms with Gasteiger partial charge in [0.1, 0.15) is 21.4 Å². The minimum Gasteiger partial charge on any atom is -0.508 e. The van der Waals surface area contributed by atoms with Crippen LogP contribution < -0.4 is 10.2 Å². The van der Waals surface area contributed by atoms with Crippen molar-refractivity contribution in [3.63, 3.8) is 0 Å². The molecule has 2 N–H and O–H groups in total. The Hall–Kier alpha value is -2.90. The first-order chi connectivity index (χ1) is 13.0. The van der Waals surface area contributed by atoms with E-state index in [1.165, 1.54) is 17.6 Å². The van der Waals surface area contributed by atoms with E-state index in [0.717, 1.165) is 11.1 Å². The van der Waals surface area contributed by atoms with Crippen LogP contribution >= 0.6 is 22.9 Å². The van der Waals surface area contributed by atoms with Gasteiger partial charge in [-0.25, -0.2) is 10.4 Å². The van der Waals surface area contributed by atoms with E-state index in [0.29, 0.717) is 26.4 Å². The molecule has 2 aromatic carbocycles. The van der Waals surface area contributed by atoms with Crippen molar-refractivity contribution in [3.05, 3.63) is 63.6 Å². The molecule has 3 rings (SSSR count). The molecule has 0 atom stereocenters. The van der Waals surface area contributed by atoms with Crippen LogP contribution in [0.2, 0.25) is 5.02 Å². The molecule has 27 heavy (non-hydrogen) atoms. The number of ether oxygens (including phenoxy) is 1. The molecule has 8 heteroatoms. The van der Waals surface area contributed by atoms with Gasteiger partial charge in [0.15, 0.2) is 0 Å². The van der Waals surface area contributed by atoms with Crippen LogP contribution in [0.5, 0.6) is 11.5 Å². The van der Waals surface area contributed by atoms with Gasteiger partial charge in [-0.05, 0) is 55.0 Å². The number of hydrogen-bond donors (Lipinski definition) is 2.